The molecule has 0 saturated carbocycles. The van der Waals surface area contributed by atoms with Crippen LogP contribution in [0.3, 0.4) is 0 Å². The van der Waals surface area contributed by atoms with E-state index in [-0.39, 0.29) is 0 Å². The molecule has 83 valence electrons. The summed E-state index contributed by atoms with van der Waals surface area (Å²) in [7, 11) is 0. The molecule has 0 bridgehead atoms. The van der Waals surface area contributed by atoms with Gasteiger partial charge >= 0.3 is 0 Å². The number of hydrogen-bond acceptors (Lipinski definition) is 0. The van der Waals surface area contributed by atoms with E-state index in [1.54, 1.807) is 0 Å². The highest BCUT2D eigenvalue weighted by molar-refractivity contribution is 5.23. The molecule has 1 rings (SSSR count). The molecule has 0 nitrogen and oxygen atoms in total. The van der Waals surface area contributed by atoms with E-state index >= 15 is 0 Å². The summed E-state index contributed by atoms with van der Waals surface area (Å²) >= 11 is 0. The summed E-state index contributed by atoms with van der Waals surface area (Å²) in [5, 5.41) is 0. The van der Waals surface area contributed by atoms with Crippen molar-refractivity contribution >= 4 is 0 Å². The third kappa shape index (κ3) is 5.01. The number of hydrogen-bond donors (Lipinski definition) is 0. The zero-order valence-electron chi connectivity index (χ0n) is 9.97. The van der Waals surface area contributed by atoms with Crippen LogP contribution in [0.25, 0.3) is 0 Å². The van der Waals surface area contributed by atoms with Crippen molar-refractivity contribution in [1.82, 2.24) is 0 Å². The maximum Gasteiger partial charge on any atom is -0.0279 e. The normalized spacial score (nSPS) is 10.5. The van der Waals surface area contributed by atoms with Gasteiger partial charge < -0.3 is 0 Å². The van der Waals surface area contributed by atoms with Gasteiger partial charge in [-0.25, -0.2) is 0 Å². The van der Waals surface area contributed by atoms with E-state index in [1.807, 2.05) is 0 Å². The van der Waals surface area contributed by atoms with Gasteiger partial charge in [-0.05, 0) is 30.4 Å². The average molecular weight is 203 g/mol. The monoisotopic (exact) mass is 203 g/mol. The molecule has 15 heavy (non-hydrogen) atoms. The molecular weight excluding hydrogens is 180 g/mol. The number of benzene rings is 1. The molecule has 1 radical (unpaired) electrons. The van der Waals surface area contributed by atoms with Crippen molar-refractivity contribution in [3.63, 3.8) is 0 Å². The van der Waals surface area contributed by atoms with Gasteiger partial charge in [-0.3, -0.25) is 0 Å². The molecule has 0 unspecified atom stereocenters. The van der Waals surface area contributed by atoms with Crippen molar-refractivity contribution in [2.24, 2.45) is 0 Å². The smallest absolute Gasteiger partial charge is 0.0279 e. The van der Waals surface area contributed by atoms with Gasteiger partial charge in [0.2, 0.25) is 0 Å². The van der Waals surface area contributed by atoms with E-state index in [0.29, 0.717) is 0 Å². The van der Waals surface area contributed by atoms with Crippen molar-refractivity contribution in [1.29, 1.82) is 0 Å². The lowest BCUT2D eigenvalue weighted by Gasteiger charge is -2.04. The highest BCUT2D eigenvalue weighted by atomic mass is 14.0. The van der Waals surface area contributed by atoms with Crippen molar-refractivity contribution < 1.29 is 0 Å². The Morgan fingerprint density at radius 2 is 1.73 bits per heavy atom. The summed E-state index contributed by atoms with van der Waals surface area (Å²) in [6, 6.07) is 9.06. The van der Waals surface area contributed by atoms with Crippen molar-refractivity contribution in [2.45, 2.75) is 51.9 Å². The highest BCUT2D eigenvalue weighted by Gasteiger charge is 1.95. The first kappa shape index (κ1) is 12.3. The largest absolute Gasteiger partial charge is 0.0651 e. The Morgan fingerprint density at radius 1 is 1.00 bits per heavy atom. The fourth-order valence-corrected chi connectivity index (χ4v) is 1.91. The minimum absolute atomic E-state index is 1.08. The first-order valence-electron chi connectivity index (χ1n) is 6.24. The minimum atomic E-state index is 1.08. The molecule has 0 heterocycles. The number of aryl methyl sites for hydroxylation is 2. The average Bonchev–Trinajstić information content (AvgIpc) is 2.26. The first-order valence-corrected chi connectivity index (χ1v) is 6.24. The van der Waals surface area contributed by atoms with Crippen LogP contribution in [0.5, 0.6) is 0 Å². The summed E-state index contributed by atoms with van der Waals surface area (Å²) in [4.78, 5) is 0. The lowest BCUT2D eigenvalue weighted by Crippen LogP contribution is -1.89. The molecule has 0 atom stereocenters. The molecule has 0 heteroatoms. The van der Waals surface area contributed by atoms with Crippen LogP contribution in [0.1, 0.15) is 50.2 Å². The molecule has 0 spiro atoms. The maximum atomic E-state index is 3.87. The topological polar surface area (TPSA) is 0 Å². The van der Waals surface area contributed by atoms with E-state index in [9.17, 15) is 0 Å². The second-order valence-electron chi connectivity index (χ2n) is 4.23. The summed E-state index contributed by atoms with van der Waals surface area (Å²) in [6.45, 7) is 6.11. The molecule has 0 fully saturated rings. The van der Waals surface area contributed by atoms with Crippen molar-refractivity contribution in [3.05, 3.63) is 42.3 Å². The lowest BCUT2D eigenvalue weighted by molar-refractivity contribution is 0.685. The molecule has 0 N–H and O–H groups in total. The molecule has 0 amide bonds. The lowest BCUT2D eigenvalue weighted by atomic mass is 10.0. The Kier molecular flexibility index (Phi) is 6.15. The zero-order chi connectivity index (χ0) is 10.9. The fourth-order valence-electron chi connectivity index (χ4n) is 1.91. The van der Waals surface area contributed by atoms with E-state index in [1.165, 1.54) is 49.7 Å². The summed E-state index contributed by atoms with van der Waals surface area (Å²) < 4.78 is 0. The van der Waals surface area contributed by atoms with Crippen LogP contribution in [0, 0.1) is 6.92 Å². The van der Waals surface area contributed by atoms with Gasteiger partial charge in [0.25, 0.3) is 0 Å². The van der Waals surface area contributed by atoms with Crippen LogP contribution >= 0.6 is 0 Å². The van der Waals surface area contributed by atoms with Crippen molar-refractivity contribution in [3.8, 4) is 0 Å². The van der Waals surface area contributed by atoms with Crippen LogP contribution in [0.15, 0.2) is 24.3 Å². The van der Waals surface area contributed by atoms with Crippen molar-refractivity contribution in [2.75, 3.05) is 0 Å². The quantitative estimate of drug-likeness (QED) is 0.569. The summed E-state index contributed by atoms with van der Waals surface area (Å²) in [5.41, 5.74) is 3.00. The molecule has 0 aliphatic carbocycles. The fraction of sp³-hybridized carbons (Fsp3) is 0.533. The Bertz CT molecular complexity index is 262. The Balaban J connectivity index is 2.36. The van der Waals surface area contributed by atoms with Gasteiger partial charge in [0.15, 0.2) is 0 Å². The molecule has 1 aromatic carbocycles. The van der Waals surface area contributed by atoms with Crippen LogP contribution in [-0.4, -0.2) is 0 Å². The van der Waals surface area contributed by atoms with E-state index in [0.717, 1.165) is 6.42 Å². The predicted molar refractivity (Wildman–Crippen MR) is 68.0 cm³/mol. The number of rotatable bonds is 7. The third-order valence-corrected chi connectivity index (χ3v) is 2.75. The van der Waals surface area contributed by atoms with Crippen LogP contribution in [0.2, 0.25) is 0 Å². The SMILES string of the molecule is [CH2]CCCCCc1cccc(CCC)c1. The Hall–Kier alpha value is -0.780. The molecule has 0 saturated heterocycles. The number of unbranched alkanes of at least 4 members (excludes halogenated alkanes) is 3. The second kappa shape index (κ2) is 7.50. The standard InChI is InChI=1S/C15H23/c1-3-5-6-7-10-15-12-8-11-14(13-15)9-4-2/h8,11-13H,1,3-7,9-10H2,2H3. The Morgan fingerprint density at radius 3 is 2.40 bits per heavy atom. The van der Waals surface area contributed by atoms with Gasteiger partial charge in [-0.2, -0.15) is 0 Å². The first-order chi connectivity index (χ1) is 7.36. The molecular formula is C15H23. The van der Waals surface area contributed by atoms with Gasteiger partial charge in [-0.15, -0.1) is 0 Å². The van der Waals surface area contributed by atoms with E-state index in [4.69, 9.17) is 0 Å². The minimum Gasteiger partial charge on any atom is -0.0651 e. The highest BCUT2D eigenvalue weighted by Crippen LogP contribution is 2.11. The van der Waals surface area contributed by atoms with E-state index < -0.39 is 0 Å². The van der Waals surface area contributed by atoms with E-state index in [2.05, 4.69) is 38.1 Å². The molecule has 0 aliphatic heterocycles. The molecule has 0 aliphatic rings. The summed E-state index contributed by atoms with van der Waals surface area (Å²) in [6.07, 6.45) is 8.67. The van der Waals surface area contributed by atoms with Gasteiger partial charge in [-0.1, -0.05) is 63.8 Å². The third-order valence-electron chi connectivity index (χ3n) is 2.75. The van der Waals surface area contributed by atoms with Gasteiger partial charge in [0.1, 0.15) is 0 Å². The summed E-state index contributed by atoms with van der Waals surface area (Å²) in [5.74, 6) is 0. The zero-order valence-corrected chi connectivity index (χ0v) is 9.97. The Labute approximate surface area is 94.7 Å². The predicted octanol–water partition coefficient (Wildman–Crippen LogP) is 4.58. The maximum absolute atomic E-state index is 3.87. The van der Waals surface area contributed by atoms with Crippen LogP contribution < -0.4 is 0 Å². The van der Waals surface area contributed by atoms with Gasteiger partial charge in [0.05, 0.1) is 0 Å². The second-order valence-corrected chi connectivity index (χ2v) is 4.23. The van der Waals surface area contributed by atoms with Crippen LogP contribution in [-0.2, 0) is 12.8 Å². The van der Waals surface area contributed by atoms with Crippen LogP contribution in [0.4, 0.5) is 0 Å². The molecule has 0 aromatic heterocycles. The molecule has 1 aromatic rings. The van der Waals surface area contributed by atoms with Gasteiger partial charge in [0, 0.05) is 0 Å².